The Bertz CT molecular complexity index is 179. The Morgan fingerprint density at radius 3 is 2.46 bits per heavy atom. The molecule has 0 aromatic rings. The first kappa shape index (κ1) is 11.3. The lowest BCUT2D eigenvalue weighted by molar-refractivity contribution is 0.122. The Kier molecular flexibility index (Phi) is 3.29. The molecule has 0 saturated heterocycles. The average molecular weight is 204 g/mol. The zero-order chi connectivity index (χ0) is 8.77. The highest BCUT2D eigenvalue weighted by Crippen LogP contribution is 2.58. The molecule has 0 spiro atoms. The molecule has 2 aliphatic rings. The summed E-state index contributed by atoms with van der Waals surface area (Å²) >= 11 is 0. The largest absolute Gasteiger partial charge is 0.319 e. The molecule has 0 aromatic carbocycles. The van der Waals surface area contributed by atoms with Crippen LogP contribution in [0.5, 0.6) is 0 Å². The van der Waals surface area contributed by atoms with E-state index in [0.29, 0.717) is 5.41 Å². The van der Waals surface area contributed by atoms with Crippen molar-refractivity contribution in [3.63, 3.8) is 0 Å². The van der Waals surface area contributed by atoms with E-state index >= 15 is 0 Å². The monoisotopic (exact) mass is 203 g/mol. The molecule has 1 nitrogen and oxygen atoms in total. The van der Waals surface area contributed by atoms with Crippen LogP contribution in [0.4, 0.5) is 0 Å². The van der Waals surface area contributed by atoms with Crippen LogP contribution in [0, 0.1) is 23.2 Å². The van der Waals surface area contributed by atoms with Crippen molar-refractivity contribution in [2.45, 2.75) is 33.1 Å². The quantitative estimate of drug-likeness (QED) is 0.728. The molecule has 2 rings (SSSR count). The van der Waals surface area contributed by atoms with Crippen molar-refractivity contribution < 1.29 is 0 Å². The Morgan fingerprint density at radius 1 is 1.31 bits per heavy atom. The molecule has 2 bridgehead atoms. The molecule has 0 aliphatic heterocycles. The molecular formula is C11H22ClN. The van der Waals surface area contributed by atoms with Crippen LogP contribution in [0.25, 0.3) is 0 Å². The van der Waals surface area contributed by atoms with Crippen molar-refractivity contribution in [2.75, 3.05) is 13.6 Å². The van der Waals surface area contributed by atoms with Crippen LogP contribution < -0.4 is 5.32 Å². The first-order valence-corrected chi connectivity index (χ1v) is 5.31. The van der Waals surface area contributed by atoms with E-state index in [1.165, 1.54) is 25.8 Å². The van der Waals surface area contributed by atoms with Gasteiger partial charge < -0.3 is 5.32 Å². The second-order valence-corrected chi connectivity index (χ2v) is 5.26. The van der Waals surface area contributed by atoms with E-state index in [1.54, 1.807) is 0 Å². The topological polar surface area (TPSA) is 12.0 Å². The second kappa shape index (κ2) is 3.78. The van der Waals surface area contributed by atoms with Gasteiger partial charge in [0.1, 0.15) is 0 Å². The number of nitrogens with one attached hydrogen (secondary N) is 1. The third-order valence-corrected chi connectivity index (χ3v) is 4.47. The Hall–Kier alpha value is 0.250. The predicted octanol–water partition coefficient (Wildman–Crippen LogP) is 2.70. The minimum atomic E-state index is 0. The van der Waals surface area contributed by atoms with Crippen molar-refractivity contribution in [3.8, 4) is 0 Å². The van der Waals surface area contributed by atoms with Crippen LogP contribution >= 0.6 is 12.4 Å². The number of hydrogen-bond acceptors (Lipinski definition) is 1. The summed E-state index contributed by atoms with van der Waals surface area (Å²) in [5, 5.41) is 3.35. The van der Waals surface area contributed by atoms with E-state index in [0.717, 1.165) is 17.8 Å². The third-order valence-electron chi connectivity index (χ3n) is 4.47. The Labute approximate surface area is 88.1 Å². The van der Waals surface area contributed by atoms with Gasteiger partial charge in [-0.1, -0.05) is 13.8 Å². The fourth-order valence-corrected chi connectivity index (χ4v) is 3.62. The van der Waals surface area contributed by atoms with Crippen molar-refractivity contribution in [2.24, 2.45) is 23.2 Å². The minimum Gasteiger partial charge on any atom is -0.319 e. The minimum absolute atomic E-state index is 0. The van der Waals surface area contributed by atoms with E-state index in [9.17, 15) is 0 Å². The standard InChI is InChI=1S/C11H21N.ClH/c1-11(2)9-5-4-8(6-9)10(11)7-12-3;/h8-10,12H,4-7H2,1-3H3;1H. The van der Waals surface area contributed by atoms with Gasteiger partial charge in [0.2, 0.25) is 0 Å². The normalized spacial score (nSPS) is 40.4. The van der Waals surface area contributed by atoms with Gasteiger partial charge in [-0.25, -0.2) is 0 Å². The molecule has 2 aliphatic carbocycles. The molecule has 3 unspecified atom stereocenters. The molecule has 0 aromatic heterocycles. The molecule has 0 radical (unpaired) electrons. The Balaban J connectivity index is 0.000000845. The number of hydrogen-bond donors (Lipinski definition) is 1. The van der Waals surface area contributed by atoms with Crippen molar-refractivity contribution in [1.29, 1.82) is 0 Å². The first-order chi connectivity index (χ1) is 5.66. The average Bonchev–Trinajstić information content (AvgIpc) is 2.53. The van der Waals surface area contributed by atoms with Crippen molar-refractivity contribution >= 4 is 12.4 Å². The van der Waals surface area contributed by atoms with Gasteiger partial charge in [-0.15, -0.1) is 12.4 Å². The van der Waals surface area contributed by atoms with Crippen LogP contribution in [0.2, 0.25) is 0 Å². The van der Waals surface area contributed by atoms with Gasteiger partial charge in [0, 0.05) is 0 Å². The molecule has 13 heavy (non-hydrogen) atoms. The van der Waals surface area contributed by atoms with Crippen LogP contribution in [0.15, 0.2) is 0 Å². The van der Waals surface area contributed by atoms with Crippen LogP contribution in [-0.2, 0) is 0 Å². The summed E-state index contributed by atoms with van der Waals surface area (Å²) in [6.07, 6.45) is 4.51. The van der Waals surface area contributed by atoms with Gasteiger partial charge in [-0.3, -0.25) is 0 Å². The summed E-state index contributed by atoms with van der Waals surface area (Å²) in [4.78, 5) is 0. The van der Waals surface area contributed by atoms with Gasteiger partial charge in [0.25, 0.3) is 0 Å². The first-order valence-electron chi connectivity index (χ1n) is 5.31. The highest BCUT2D eigenvalue weighted by atomic mass is 35.5. The highest BCUT2D eigenvalue weighted by molar-refractivity contribution is 5.85. The summed E-state index contributed by atoms with van der Waals surface area (Å²) in [6, 6.07) is 0. The Morgan fingerprint density at radius 2 is 2.00 bits per heavy atom. The van der Waals surface area contributed by atoms with Gasteiger partial charge in [-0.05, 0) is 56.0 Å². The van der Waals surface area contributed by atoms with E-state index in [2.05, 4.69) is 26.2 Å². The molecule has 2 heteroatoms. The van der Waals surface area contributed by atoms with Crippen LogP contribution in [-0.4, -0.2) is 13.6 Å². The summed E-state index contributed by atoms with van der Waals surface area (Å²) < 4.78 is 0. The lowest BCUT2D eigenvalue weighted by Gasteiger charge is -2.38. The summed E-state index contributed by atoms with van der Waals surface area (Å²) in [5.41, 5.74) is 0.617. The maximum atomic E-state index is 3.35. The molecule has 2 fully saturated rings. The van der Waals surface area contributed by atoms with Crippen molar-refractivity contribution in [3.05, 3.63) is 0 Å². The SMILES string of the molecule is CNCC1C2CCC(C2)C1(C)C.Cl. The van der Waals surface area contributed by atoms with Crippen LogP contribution in [0.3, 0.4) is 0 Å². The molecule has 78 valence electrons. The third kappa shape index (κ3) is 1.61. The van der Waals surface area contributed by atoms with Gasteiger partial charge in [0.15, 0.2) is 0 Å². The summed E-state index contributed by atoms with van der Waals surface area (Å²) in [5.74, 6) is 3.01. The van der Waals surface area contributed by atoms with Gasteiger partial charge >= 0.3 is 0 Å². The van der Waals surface area contributed by atoms with E-state index < -0.39 is 0 Å². The molecular weight excluding hydrogens is 182 g/mol. The van der Waals surface area contributed by atoms with E-state index in [1.807, 2.05) is 0 Å². The van der Waals surface area contributed by atoms with Crippen LogP contribution in [0.1, 0.15) is 33.1 Å². The lowest BCUT2D eigenvalue weighted by atomic mass is 9.69. The van der Waals surface area contributed by atoms with E-state index in [-0.39, 0.29) is 12.4 Å². The number of fused-ring (bicyclic) bond motifs is 2. The zero-order valence-electron chi connectivity index (χ0n) is 8.97. The van der Waals surface area contributed by atoms with Gasteiger partial charge in [0.05, 0.1) is 0 Å². The highest BCUT2D eigenvalue weighted by Gasteiger charge is 2.51. The lowest BCUT2D eigenvalue weighted by Crippen LogP contribution is -2.36. The maximum absolute atomic E-state index is 3.35. The molecule has 2 saturated carbocycles. The van der Waals surface area contributed by atoms with Gasteiger partial charge in [-0.2, -0.15) is 0 Å². The number of halogens is 1. The second-order valence-electron chi connectivity index (χ2n) is 5.26. The fraction of sp³-hybridized carbons (Fsp3) is 1.00. The predicted molar refractivity (Wildman–Crippen MR) is 59.3 cm³/mol. The molecule has 0 heterocycles. The number of rotatable bonds is 2. The zero-order valence-corrected chi connectivity index (χ0v) is 9.79. The fourth-order valence-electron chi connectivity index (χ4n) is 3.62. The molecule has 1 N–H and O–H groups in total. The molecule has 0 amide bonds. The summed E-state index contributed by atoms with van der Waals surface area (Å²) in [6.45, 7) is 6.17. The van der Waals surface area contributed by atoms with Crippen molar-refractivity contribution in [1.82, 2.24) is 5.32 Å². The summed E-state index contributed by atoms with van der Waals surface area (Å²) in [7, 11) is 2.09. The van der Waals surface area contributed by atoms with E-state index in [4.69, 9.17) is 0 Å². The maximum Gasteiger partial charge on any atom is -0.00157 e. The molecule has 3 atom stereocenters. The smallest absolute Gasteiger partial charge is 0.00157 e.